The van der Waals surface area contributed by atoms with Crippen LogP contribution in [0.1, 0.15) is 0 Å². The van der Waals surface area contributed by atoms with Crippen LogP contribution in [0.2, 0.25) is 0 Å². The van der Waals surface area contributed by atoms with Gasteiger partial charge < -0.3 is 28.8 Å². The van der Waals surface area contributed by atoms with Crippen LogP contribution in [0.3, 0.4) is 0 Å². The third kappa shape index (κ3) is 487. The van der Waals surface area contributed by atoms with Crippen molar-refractivity contribution < 1.29 is 49.8 Å². The molecule has 0 aliphatic heterocycles. The SMILES string of the molecule is C=O.C=O.C=O.C=O.C=O.C=O.[Pt]. The average Bonchev–Trinajstić information content (AvgIpc) is 2.33. The average molecular weight is 375 g/mol. The third-order valence-electron chi connectivity index (χ3n) is 0. The van der Waals surface area contributed by atoms with Gasteiger partial charge in [-0.2, -0.15) is 0 Å². The first-order valence-corrected chi connectivity index (χ1v) is 1.73. The van der Waals surface area contributed by atoms with E-state index in [1.54, 1.807) is 0 Å². The van der Waals surface area contributed by atoms with Gasteiger partial charge in [-0.25, -0.2) is 0 Å². The Morgan fingerprint density at radius 2 is 0.308 bits per heavy atom. The van der Waals surface area contributed by atoms with Crippen LogP contribution in [0.5, 0.6) is 0 Å². The monoisotopic (exact) mass is 375 g/mol. The molecule has 6 nitrogen and oxygen atoms in total. The zero-order chi connectivity index (χ0) is 12.0. The molecule has 0 saturated carbocycles. The molecule has 0 bridgehead atoms. The molecule has 0 heterocycles. The van der Waals surface area contributed by atoms with E-state index in [4.69, 9.17) is 28.8 Å². The van der Waals surface area contributed by atoms with E-state index in [1.807, 2.05) is 40.7 Å². The summed E-state index contributed by atoms with van der Waals surface area (Å²) in [6.45, 7) is 12.0. The van der Waals surface area contributed by atoms with Crippen LogP contribution in [0.25, 0.3) is 0 Å². The molecule has 0 aliphatic rings. The second-order valence-electron chi connectivity index (χ2n) is 0. The van der Waals surface area contributed by atoms with Crippen LogP contribution >= 0.6 is 0 Å². The Hall–Kier alpha value is -1.29. The number of carbonyl (C=O) groups excluding carboxylic acids is 6. The molecule has 0 aromatic rings. The first-order chi connectivity index (χ1) is 6.00. The molecule has 0 radical (unpaired) electrons. The van der Waals surface area contributed by atoms with Gasteiger partial charge in [0.05, 0.1) is 0 Å². The van der Waals surface area contributed by atoms with Gasteiger partial charge >= 0.3 is 0 Å². The summed E-state index contributed by atoms with van der Waals surface area (Å²) in [5.41, 5.74) is 0. The van der Waals surface area contributed by atoms with Crippen LogP contribution in [0.4, 0.5) is 0 Å². The molecule has 7 heteroatoms. The van der Waals surface area contributed by atoms with Crippen LogP contribution in [0, 0.1) is 0 Å². The summed E-state index contributed by atoms with van der Waals surface area (Å²) in [5, 5.41) is 0. The molecule has 0 amide bonds. The molecule has 0 aromatic carbocycles. The largest absolute Gasteiger partial charge is 0.307 e. The Morgan fingerprint density at radius 1 is 0.308 bits per heavy atom. The van der Waals surface area contributed by atoms with Gasteiger partial charge in [-0.15, -0.1) is 0 Å². The van der Waals surface area contributed by atoms with E-state index >= 15 is 0 Å². The van der Waals surface area contributed by atoms with Gasteiger partial charge in [0.2, 0.25) is 0 Å². The van der Waals surface area contributed by atoms with E-state index in [9.17, 15) is 0 Å². The van der Waals surface area contributed by atoms with E-state index < -0.39 is 0 Å². The summed E-state index contributed by atoms with van der Waals surface area (Å²) in [6.07, 6.45) is 0. The van der Waals surface area contributed by atoms with E-state index in [0.717, 1.165) is 0 Å². The molecule has 0 fully saturated rings. The topological polar surface area (TPSA) is 102 Å². The maximum atomic E-state index is 8.00. The predicted molar refractivity (Wildman–Crippen MR) is 42.7 cm³/mol. The Morgan fingerprint density at radius 3 is 0.308 bits per heavy atom. The molecule has 0 rings (SSSR count). The minimum Gasteiger partial charge on any atom is -0.307 e. The second-order valence-corrected chi connectivity index (χ2v) is 0. The fourth-order valence-electron chi connectivity index (χ4n) is 0. The first kappa shape index (κ1) is 60.6. The Bertz CT molecular complexity index is 32.6. The van der Waals surface area contributed by atoms with E-state index in [2.05, 4.69) is 0 Å². The summed E-state index contributed by atoms with van der Waals surface area (Å²) in [5.74, 6) is 0. The second kappa shape index (κ2) is 605. The van der Waals surface area contributed by atoms with Gasteiger partial charge in [-0.3, -0.25) is 0 Å². The van der Waals surface area contributed by atoms with Crippen molar-refractivity contribution in [3.8, 4) is 0 Å². The van der Waals surface area contributed by atoms with Crippen LogP contribution in [-0.2, 0) is 49.8 Å². The van der Waals surface area contributed by atoms with Crippen molar-refractivity contribution in [2.45, 2.75) is 0 Å². The molecular weight excluding hydrogens is 363 g/mol. The van der Waals surface area contributed by atoms with Crippen molar-refractivity contribution in [2.24, 2.45) is 0 Å². The van der Waals surface area contributed by atoms with Crippen molar-refractivity contribution in [3.63, 3.8) is 0 Å². The summed E-state index contributed by atoms with van der Waals surface area (Å²) >= 11 is 0. The summed E-state index contributed by atoms with van der Waals surface area (Å²) in [6, 6.07) is 0. The minimum absolute atomic E-state index is 0. The molecule has 0 saturated heterocycles. The molecule has 0 unspecified atom stereocenters. The molecule has 0 aromatic heterocycles. The summed E-state index contributed by atoms with van der Waals surface area (Å²) in [4.78, 5) is 48.0. The number of hydrogen-bond donors (Lipinski definition) is 0. The van der Waals surface area contributed by atoms with E-state index in [1.165, 1.54) is 0 Å². The molecule has 13 heavy (non-hydrogen) atoms. The number of carbonyl (C=O) groups is 6. The molecule has 0 N–H and O–H groups in total. The van der Waals surface area contributed by atoms with Crippen LogP contribution < -0.4 is 0 Å². The van der Waals surface area contributed by atoms with Crippen LogP contribution in [-0.4, -0.2) is 40.7 Å². The predicted octanol–water partition coefficient (Wildman–Crippen LogP) is -1.11. The maximum absolute atomic E-state index is 8.00. The quantitative estimate of drug-likeness (QED) is 0.532. The summed E-state index contributed by atoms with van der Waals surface area (Å²) in [7, 11) is 0. The van der Waals surface area contributed by atoms with Gasteiger partial charge in [0, 0.05) is 21.1 Å². The molecule has 0 atom stereocenters. The maximum Gasteiger partial charge on any atom is 0.106 e. The van der Waals surface area contributed by atoms with Gasteiger partial charge in [0.15, 0.2) is 0 Å². The molecule has 0 aliphatic carbocycles. The fraction of sp³-hybridized carbons (Fsp3) is 0. The van der Waals surface area contributed by atoms with Gasteiger partial charge in [0.25, 0.3) is 0 Å². The van der Waals surface area contributed by atoms with E-state index in [0.29, 0.717) is 0 Å². The molecule has 82 valence electrons. The zero-order valence-corrected chi connectivity index (χ0v) is 9.28. The summed E-state index contributed by atoms with van der Waals surface area (Å²) < 4.78 is 0. The van der Waals surface area contributed by atoms with Crippen molar-refractivity contribution in [2.75, 3.05) is 0 Å². The minimum atomic E-state index is 0. The fourth-order valence-corrected chi connectivity index (χ4v) is 0. The van der Waals surface area contributed by atoms with Crippen molar-refractivity contribution in [1.82, 2.24) is 0 Å². The van der Waals surface area contributed by atoms with Gasteiger partial charge in [0.1, 0.15) is 40.7 Å². The Balaban J connectivity index is -0.00000000655. The third-order valence-corrected chi connectivity index (χ3v) is 0. The first-order valence-electron chi connectivity index (χ1n) is 1.73. The number of rotatable bonds is 0. The zero-order valence-electron chi connectivity index (χ0n) is 7.01. The smallest absolute Gasteiger partial charge is 0.106 e. The Labute approximate surface area is 91.0 Å². The molecule has 0 spiro atoms. The molecular formula is C6H12O6Pt. The van der Waals surface area contributed by atoms with Crippen molar-refractivity contribution in [3.05, 3.63) is 0 Å². The number of hydrogen-bond acceptors (Lipinski definition) is 6. The van der Waals surface area contributed by atoms with Crippen molar-refractivity contribution >= 4 is 40.7 Å². The van der Waals surface area contributed by atoms with E-state index in [-0.39, 0.29) is 21.1 Å². The normalized spacial score (nSPS) is 1.85. The van der Waals surface area contributed by atoms with Crippen LogP contribution in [0.15, 0.2) is 0 Å². The van der Waals surface area contributed by atoms with Gasteiger partial charge in [-0.05, 0) is 0 Å². The van der Waals surface area contributed by atoms with Gasteiger partial charge in [-0.1, -0.05) is 0 Å². The van der Waals surface area contributed by atoms with Crippen molar-refractivity contribution in [1.29, 1.82) is 0 Å². The Kier molecular flexibility index (Phi) is 2820. The standard InChI is InChI=1S/6CH2O.Pt/c6*1-2;/h6*1H2;.